The number of rotatable bonds is 3. The predicted octanol–water partition coefficient (Wildman–Crippen LogP) is 8.04. The number of carbonyl (C=O) groups is 1. The van der Waals surface area contributed by atoms with Gasteiger partial charge in [0.15, 0.2) is 0 Å². The Morgan fingerprint density at radius 2 is 1.80 bits per heavy atom. The van der Waals surface area contributed by atoms with E-state index in [4.69, 9.17) is 4.42 Å². The van der Waals surface area contributed by atoms with E-state index in [0.717, 1.165) is 29.9 Å². The molecule has 0 bridgehead atoms. The van der Waals surface area contributed by atoms with Gasteiger partial charge in [-0.3, -0.25) is 0 Å². The molecule has 35 heavy (non-hydrogen) atoms. The van der Waals surface area contributed by atoms with Crippen molar-refractivity contribution in [3.8, 4) is 11.3 Å². The molecule has 4 aromatic rings. The monoisotopic (exact) mass is 463 g/mol. The van der Waals surface area contributed by atoms with Crippen LogP contribution in [0.5, 0.6) is 0 Å². The molecule has 2 N–H and O–H groups in total. The third kappa shape index (κ3) is 3.65. The highest BCUT2D eigenvalue weighted by Gasteiger charge is 2.47. The van der Waals surface area contributed by atoms with Crippen LogP contribution < -0.4 is 5.32 Å². The number of anilines is 1. The zero-order valence-corrected chi connectivity index (χ0v) is 20.0. The summed E-state index contributed by atoms with van der Waals surface area (Å²) in [5.41, 5.74) is 5.16. The van der Waals surface area contributed by atoms with Gasteiger partial charge in [-0.05, 0) is 70.8 Å². The first-order valence-corrected chi connectivity index (χ1v) is 12.2. The smallest absolute Gasteiger partial charge is 0.335 e. The molecule has 1 aliphatic heterocycles. The van der Waals surface area contributed by atoms with Crippen molar-refractivity contribution in [2.45, 2.75) is 38.6 Å². The van der Waals surface area contributed by atoms with Crippen LogP contribution in [-0.2, 0) is 0 Å². The molecular weight excluding hydrogens is 434 g/mol. The van der Waals surface area contributed by atoms with Gasteiger partial charge in [-0.15, -0.1) is 0 Å². The van der Waals surface area contributed by atoms with E-state index in [0.29, 0.717) is 5.92 Å². The maximum Gasteiger partial charge on any atom is 0.335 e. The van der Waals surface area contributed by atoms with Crippen LogP contribution in [-0.4, -0.2) is 11.1 Å². The van der Waals surface area contributed by atoms with Crippen molar-refractivity contribution < 1.29 is 14.3 Å². The number of nitrogens with one attached hydrogen (secondary N) is 1. The summed E-state index contributed by atoms with van der Waals surface area (Å²) in [5, 5.41) is 15.6. The van der Waals surface area contributed by atoms with Crippen LogP contribution in [0.4, 0.5) is 5.69 Å². The second kappa shape index (κ2) is 7.88. The van der Waals surface area contributed by atoms with Gasteiger partial charge >= 0.3 is 5.97 Å². The molecule has 0 radical (unpaired) electrons. The van der Waals surface area contributed by atoms with E-state index in [-0.39, 0.29) is 22.9 Å². The second-order valence-electron chi connectivity index (χ2n) is 10.8. The Morgan fingerprint density at radius 3 is 2.57 bits per heavy atom. The SMILES string of the molecule is C=C1CC(C)(C)CC2c3c(ccc4ccccc34)NC(c3ccc(-c4ccc(C(=O)O)cc4)o3)C12. The van der Waals surface area contributed by atoms with Crippen molar-refractivity contribution in [2.24, 2.45) is 11.3 Å². The minimum atomic E-state index is -0.931. The summed E-state index contributed by atoms with van der Waals surface area (Å²) >= 11 is 0. The molecule has 4 heteroatoms. The molecule has 0 saturated heterocycles. The van der Waals surface area contributed by atoms with Gasteiger partial charge in [0, 0.05) is 17.2 Å². The summed E-state index contributed by atoms with van der Waals surface area (Å²) in [6, 6.07) is 23.9. The lowest BCUT2D eigenvalue weighted by Crippen LogP contribution is -2.39. The predicted molar refractivity (Wildman–Crippen MR) is 140 cm³/mol. The van der Waals surface area contributed by atoms with Crippen LogP contribution >= 0.6 is 0 Å². The molecule has 1 aliphatic carbocycles. The third-order valence-corrected chi connectivity index (χ3v) is 7.74. The summed E-state index contributed by atoms with van der Waals surface area (Å²) in [4.78, 5) is 11.2. The fourth-order valence-corrected chi connectivity index (χ4v) is 6.34. The zero-order valence-electron chi connectivity index (χ0n) is 20.0. The molecule has 0 amide bonds. The molecule has 2 aliphatic rings. The van der Waals surface area contributed by atoms with Crippen LogP contribution in [0.1, 0.15) is 60.3 Å². The number of aromatic carboxylic acids is 1. The molecule has 4 nitrogen and oxygen atoms in total. The average molecular weight is 464 g/mol. The standard InChI is InChI=1S/C31H29NO3/c1-18-16-31(2,3)17-23-27(18)29(32-24-13-12-19-6-4-5-7-22(19)28(23)24)26-15-14-25(35-26)20-8-10-21(11-9-20)30(33)34/h4-15,23,27,29,32H,1,16-17H2,2-3H3,(H,33,34). The number of fused-ring (bicyclic) bond motifs is 5. The summed E-state index contributed by atoms with van der Waals surface area (Å²) < 4.78 is 6.41. The van der Waals surface area contributed by atoms with Crippen LogP contribution in [0.3, 0.4) is 0 Å². The van der Waals surface area contributed by atoms with Gasteiger partial charge in [0.25, 0.3) is 0 Å². The number of benzene rings is 3. The first-order valence-electron chi connectivity index (χ1n) is 12.2. The first kappa shape index (κ1) is 21.7. The number of hydrogen-bond donors (Lipinski definition) is 2. The lowest BCUT2D eigenvalue weighted by Gasteiger charge is -2.49. The Morgan fingerprint density at radius 1 is 1.03 bits per heavy atom. The quantitative estimate of drug-likeness (QED) is 0.302. The number of carboxylic acid groups (broad SMARTS) is 1. The summed E-state index contributed by atoms with van der Waals surface area (Å²) in [6.07, 6.45) is 2.09. The van der Waals surface area contributed by atoms with E-state index in [1.54, 1.807) is 24.3 Å². The maximum absolute atomic E-state index is 11.2. The van der Waals surface area contributed by atoms with Crippen molar-refractivity contribution in [1.82, 2.24) is 0 Å². The normalized spacial score (nSPS) is 22.8. The van der Waals surface area contributed by atoms with Crippen LogP contribution in [0, 0.1) is 11.3 Å². The van der Waals surface area contributed by atoms with E-state index < -0.39 is 5.97 Å². The molecular formula is C31H29NO3. The molecule has 176 valence electrons. The minimum absolute atomic E-state index is 0.00990. The van der Waals surface area contributed by atoms with Crippen molar-refractivity contribution in [1.29, 1.82) is 0 Å². The number of furan rings is 1. The Bertz CT molecular complexity index is 1460. The highest BCUT2D eigenvalue weighted by atomic mass is 16.4. The second-order valence-corrected chi connectivity index (χ2v) is 10.8. The lowest BCUT2D eigenvalue weighted by molar-refractivity contribution is 0.0697. The highest BCUT2D eigenvalue weighted by molar-refractivity contribution is 5.91. The van der Waals surface area contributed by atoms with Gasteiger partial charge in [0.1, 0.15) is 11.5 Å². The van der Waals surface area contributed by atoms with Crippen molar-refractivity contribution in [3.63, 3.8) is 0 Å². The molecule has 1 saturated carbocycles. The summed E-state index contributed by atoms with van der Waals surface area (Å²) in [5.74, 6) is 1.27. The van der Waals surface area contributed by atoms with E-state index in [1.165, 1.54) is 27.6 Å². The van der Waals surface area contributed by atoms with Crippen molar-refractivity contribution >= 4 is 22.4 Å². The van der Waals surface area contributed by atoms with E-state index in [1.807, 2.05) is 12.1 Å². The largest absolute Gasteiger partial charge is 0.478 e. The zero-order chi connectivity index (χ0) is 24.3. The van der Waals surface area contributed by atoms with Gasteiger partial charge in [-0.25, -0.2) is 4.79 Å². The first-order chi connectivity index (χ1) is 16.8. The third-order valence-electron chi connectivity index (χ3n) is 7.74. The fourth-order valence-electron chi connectivity index (χ4n) is 6.34. The van der Waals surface area contributed by atoms with Gasteiger partial charge in [-0.1, -0.05) is 68.5 Å². The van der Waals surface area contributed by atoms with E-state index >= 15 is 0 Å². The van der Waals surface area contributed by atoms with Crippen LogP contribution in [0.25, 0.3) is 22.1 Å². The minimum Gasteiger partial charge on any atom is -0.478 e. The Labute approximate surface area is 205 Å². The molecule has 0 spiro atoms. The lowest BCUT2D eigenvalue weighted by atomic mass is 9.59. The van der Waals surface area contributed by atoms with E-state index in [9.17, 15) is 9.90 Å². The highest BCUT2D eigenvalue weighted by Crippen LogP contribution is 2.58. The Balaban J connectivity index is 1.44. The van der Waals surface area contributed by atoms with Crippen molar-refractivity contribution in [2.75, 3.05) is 5.32 Å². The van der Waals surface area contributed by atoms with E-state index in [2.05, 4.69) is 62.1 Å². The molecule has 3 atom stereocenters. The van der Waals surface area contributed by atoms with Crippen LogP contribution in [0.15, 0.2) is 89.4 Å². The van der Waals surface area contributed by atoms with Crippen LogP contribution in [0.2, 0.25) is 0 Å². The Hall–Kier alpha value is -3.79. The fraction of sp³-hybridized carbons (Fsp3) is 0.258. The molecule has 1 fully saturated rings. The van der Waals surface area contributed by atoms with Crippen molar-refractivity contribution in [3.05, 3.63) is 102 Å². The average Bonchev–Trinajstić information content (AvgIpc) is 3.32. The molecule has 3 aromatic carbocycles. The number of carboxylic acids is 1. The number of hydrogen-bond acceptors (Lipinski definition) is 3. The summed E-state index contributed by atoms with van der Waals surface area (Å²) in [6.45, 7) is 9.28. The summed E-state index contributed by atoms with van der Waals surface area (Å²) in [7, 11) is 0. The van der Waals surface area contributed by atoms with Gasteiger partial charge < -0.3 is 14.8 Å². The molecule has 2 heterocycles. The Kier molecular flexibility index (Phi) is 4.89. The van der Waals surface area contributed by atoms with Gasteiger partial charge in [-0.2, -0.15) is 0 Å². The molecule has 6 rings (SSSR count). The van der Waals surface area contributed by atoms with Gasteiger partial charge in [0.05, 0.1) is 11.6 Å². The topological polar surface area (TPSA) is 62.5 Å². The molecule has 3 unspecified atom stereocenters. The van der Waals surface area contributed by atoms with Gasteiger partial charge in [0.2, 0.25) is 0 Å². The molecule has 1 aromatic heterocycles. The maximum atomic E-state index is 11.2.